The Balaban J connectivity index is 3.50. The summed E-state index contributed by atoms with van der Waals surface area (Å²) in [6.07, 6.45) is 0.512. The van der Waals surface area contributed by atoms with E-state index in [1.165, 1.54) is 6.07 Å². The van der Waals surface area contributed by atoms with Gasteiger partial charge in [0.15, 0.2) is 0 Å². The van der Waals surface area contributed by atoms with E-state index in [-0.39, 0.29) is 12.1 Å². The van der Waals surface area contributed by atoms with E-state index in [9.17, 15) is 4.79 Å². The van der Waals surface area contributed by atoms with Crippen molar-refractivity contribution >= 4 is 5.97 Å². The van der Waals surface area contributed by atoms with Gasteiger partial charge in [0.1, 0.15) is 0 Å². The number of carboxylic acids is 1. The van der Waals surface area contributed by atoms with Crippen LogP contribution in [0.5, 0.6) is 0 Å². The van der Waals surface area contributed by atoms with Crippen LogP contribution in [0.15, 0.2) is 12.1 Å². The fourth-order valence-electron chi connectivity index (χ4n) is 1.57. The van der Waals surface area contributed by atoms with E-state index in [1.54, 1.807) is 6.07 Å². The average Bonchev–Trinajstić information content (AvgIpc) is 2.26. The SMILES string of the molecule is CCc1c(C(=O)O)ccc(CN)c1C#N. The van der Waals surface area contributed by atoms with Crippen molar-refractivity contribution in [2.75, 3.05) is 0 Å². The maximum Gasteiger partial charge on any atom is 0.336 e. The number of rotatable bonds is 3. The molecule has 15 heavy (non-hydrogen) atoms. The van der Waals surface area contributed by atoms with Gasteiger partial charge in [-0.1, -0.05) is 13.0 Å². The third-order valence-electron chi connectivity index (χ3n) is 2.31. The number of hydrogen-bond acceptors (Lipinski definition) is 3. The van der Waals surface area contributed by atoms with Crippen molar-refractivity contribution in [1.29, 1.82) is 5.26 Å². The van der Waals surface area contributed by atoms with Crippen LogP contribution in [0.1, 0.15) is 34.0 Å². The summed E-state index contributed by atoms with van der Waals surface area (Å²) in [5.41, 5.74) is 7.32. The first kappa shape index (κ1) is 11.2. The van der Waals surface area contributed by atoms with Crippen LogP contribution >= 0.6 is 0 Å². The lowest BCUT2D eigenvalue weighted by atomic mass is 9.95. The topological polar surface area (TPSA) is 87.1 Å². The molecular formula is C11H12N2O2. The average molecular weight is 204 g/mol. The first-order valence-electron chi connectivity index (χ1n) is 4.63. The van der Waals surface area contributed by atoms with Gasteiger partial charge in [-0.2, -0.15) is 5.26 Å². The minimum atomic E-state index is -1.01. The molecule has 0 unspecified atom stereocenters. The Bertz CT molecular complexity index is 433. The van der Waals surface area contributed by atoms with E-state index in [1.807, 2.05) is 13.0 Å². The van der Waals surface area contributed by atoms with E-state index < -0.39 is 5.97 Å². The van der Waals surface area contributed by atoms with Crippen molar-refractivity contribution in [2.45, 2.75) is 19.9 Å². The number of aromatic carboxylic acids is 1. The molecule has 78 valence electrons. The minimum absolute atomic E-state index is 0.186. The fraction of sp³-hybridized carbons (Fsp3) is 0.273. The summed E-state index contributed by atoms with van der Waals surface area (Å²) < 4.78 is 0. The molecule has 0 radical (unpaired) electrons. The van der Waals surface area contributed by atoms with Crippen molar-refractivity contribution in [3.63, 3.8) is 0 Å². The van der Waals surface area contributed by atoms with Crippen molar-refractivity contribution in [3.05, 3.63) is 34.4 Å². The van der Waals surface area contributed by atoms with Crippen LogP contribution in [0.4, 0.5) is 0 Å². The summed E-state index contributed by atoms with van der Waals surface area (Å²) >= 11 is 0. The molecule has 0 aliphatic carbocycles. The number of nitriles is 1. The number of benzene rings is 1. The van der Waals surface area contributed by atoms with Crippen molar-refractivity contribution < 1.29 is 9.90 Å². The van der Waals surface area contributed by atoms with E-state index in [2.05, 4.69) is 0 Å². The molecule has 0 saturated carbocycles. The molecule has 0 saturated heterocycles. The van der Waals surface area contributed by atoms with E-state index >= 15 is 0 Å². The Labute approximate surface area is 87.9 Å². The Morgan fingerprint density at radius 3 is 2.67 bits per heavy atom. The molecule has 0 aromatic heterocycles. The summed E-state index contributed by atoms with van der Waals surface area (Å²) in [5.74, 6) is -1.01. The highest BCUT2D eigenvalue weighted by molar-refractivity contribution is 5.90. The van der Waals surface area contributed by atoms with Gasteiger partial charge < -0.3 is 10.8 Å². The second kappa shape index (κ2) is 4.58. The summed E-state index contributed by atoms with van der Waals surface area (Å²) in [5, 5.41) is 17.9. The van der Waals surface area contributed by atoms with Crippen LogP contribution in [-0.4, -0.2) is 11.1 Å². The summed E-state index contributed by atoms with van der Waals surface area (Å²) in [6, 6.07) is 5.12. The smallest absolute Gasteiger partial charge is 0.336 e. The zero-order valence-electron chi connectivity index (χ0n) is 8.45. The maximum absolute atomic E-state index is 10.9. The predicted molar refractivity (Wildman–Crippen MR) is 55.4 cm³/mol. The molecule has 3 N–H and O–H groups in total. The van der Waals surface area contributed by atoms with E-state index in [4.69, 9.17) is 16.1 Å². The first-order chi connectivity index (χ1) is 7.15. The number of hydrogen-bond donors (Lipinski definition) is 2. The van der Waals surface area contributed by atoms with Gasteiger partial charge in [0.05, 0.1) is 17.2 Å². The van der Waals surface area contributed by atoms with E-state index in [0.29, 0.717) is 23.1 Å². The molecule has 0 atom stereocenters. The van der Waals surface area contributed by atoms with Gasteiger partial charge in [-0.3, -0.25) is 0 Å². The molecule has 0 aliphatic rings. The lowest BCUT2D eigenvalue weighted by molar-refractivity contribution is 0.0695. The molecule has 0 aliphatic heterocycles. The number of nitrogens with zero attached hydrogens (tertiary/aromatic N) is 1. The lowest BCUT2D eigenvalue weighted by Crippen LogP contribution is -2.08. The van der Waals surface area contributed by atoms with Crippen LogP contribution in [0.2, 0.25) is 0 Å². The van der Waals surface area contributed by atoms with Crippen molar-refractivity contribution in [2.24, 2.45) is 5.73 Å². The fourth-order valence-corrected chi connectivity index (χ4v) is 1.57. The van der Waals surface area contributed by atoms with Crippen molar-refractivity contribution in [3.8, 4) is 6.07 Å². The highest BCUT2D eigenvalue weighted by Gasteiger charge is 2.15. The van der Waals surface area contributed by atoms with Crippen LogP contribution in [0, 0.1) is 11.3 Å². The zero-order chi connectivity index (χ0) is 11.4. The quantitative estimate of drug-likeness (QED) is 0.776. The third kappa shape index (κ3) is 1.97. The Morgan fingerprint density at radius 2 is 2.27 bits per heavy atom. The van der Waals surface area contributed by atoms with Crippen LogP contribution in [0.25, 0.3) is 0 Å². The molecule has 1 rings (SSSR count). The second-order valence-corrected chi connectivity index (χ2v) is 3.10. The largest absolute Gasteiger partial charge is 0.478 e. The van der Waals surface area contributed by atoms with Crippen LogP contribution < -0.4 is 5.73 Å². The Kier molecular flexibility index (Phi) is 3.42. The van der Waals surface area contributed by atoms with Crippen molar-refractivity contribution in [1.82, 2.24) is 0 Å². The monoisotopic (exact) mass is 204 g/mol. The van der Waals surface area contributed by atoms with E-state index in [0.717, 1.165) is 0 Å². The Morgan fingerprint density at radius 1 is 1.60 bits per heavy atom. The van der Waals surface area contributed by atoms with Gasteiger partial charge in [-0.05, 0) is 23.6 Å². The molecule has 0 heterocycles. The van der Waals surface area contributed by atoms with Crippen LogP contribution in [-0.2, 0) is 13.0 Å². The third-order valence-corrected chi connectivity index (χ3v) is 2.31. The van der Waals surface area contributed by atoms with Gasteiger partial charge in [0, 0.05) is 6.54 Å². The normalized spacial score (nSPS) is 9.67. The van der Waals surface area contributed by atoms with Gasteiger partial charge in [-0.25, -0.2) is 4.79 Å². The zero-order valence-corrected chi connectivity index (χ0v) is 8.45. The molecule has 0 amide bonds. The molecule has 1 aromatic rings. The molecule has 0 spiro atoms. The molecular weight excluding hydrogens is 192 g/mol. The molecule has 0 bridgehead atoms. The molecule has 4 heteroatoms. The second-order valence-electron chi connectivity index (χ2n) is 3.10. The summed E-state index contributed by atoms with van der Waals surface area (Å²) in [4.78, 5) is 10.9. The molecule has 4 nitrogen and oxygen atoms in total. The van der Waals surface area contributed by atoms with Gasteiger partial charge >= 0.3 is 5.97 Å². The predicted octanol–water partition coefficient (Wildman–Crippen LogP) is 1.28. The number of carbonyl (C=O) groups is 1. The molecule has 1 aromatic carbocycles. The molecule has 0 fully saturated rings. The Hall–Kier alpha value is -1.86. The summed E-state index contributed by atoms with van der Waals surface area (Å²) in [7, 11) is 0. The first-order valence-corrected chi connectivity index (χ1v) is 4.63. The lowest BCUT2D eigenvalue weighted by Gasteiger charge is -2.09. The van der Waals surface area contributed by atoms with Gasteiger partial charge in [0.2, 0.25) is 0 Å². The van der Waals surface area contributed by atoms with Crippen LogP contribution in [0.3, 0.4) is 0 Å². The standard InChI is InChI=1S/C11H12N2O2/c1-2-8-9(11(14)15)4-3-7(5-12)10(8)6-13/h3-4H,2,5,12H2,1H3,(H,14,15). The minimum Gasteiger partial charge on any atom is -0.478 e. The highest BCUT2D eigenvalue weighted by atomic mass is 16.4. The maximum atomic E-state index is 10.9. The summed E-state index contributed by atoms with van der Waals surface area (Å²) in [6.45, 7) is 2.07. The number of nitrogens with two attached hydrogens (primary N) is 1. The highest BCUT2D eigenvalue weighted by Crippen LogP contribution is 2.19. The van der Waals surface area contributed by atoms with Gasteiger partial charge in [0.25, 0.3) is 0 Å². The van der Waals surface area contributed by atoms with Gasteiger partial charge in [-0.15, -0.1) is 0 Å². The number of carboxylic acid groups (broad SMARTS) is 1.